The molecule has 5 nitrogen and oxygen atoms in total. The third kappa shape index (κ3) is 3.32. The summed E-state index contributed by atoms with van der Waals surface area (Å²) in [5.41, 5.74) is 2.10. The SMILES string of the molecule is Cc1cc(F)c2c(c1)CCCN2C(=O)CCNC(=O)c1ccco1. The van der Waals surface area contributed by atoms with E-state index in [4.69, 9.17) is 4.42 Å². The Hall–Kier alpha value is -2.63. The molecule has 2 aromatic rings. The molecule has 0 aliphatic carbocycles. The number of anilines is 1. The van der Waals surface area contributed by atoms with Gasteiger partial charge >= 0.3 is 0 Å². The lowest BCUT2D eigenvalue weighted by molar-refractivity contribution is -0.118. The van der Waals surface area contributed by atoms with Crippen molar-refractivity contribution in [2.75, 3.05) is 18.0 Å². The molecular weight excluding hydrogens is 311 g/mol. The van der Waals surface area contributed by atoms with Crippen LogP contribution in [0, 0.1) is 12.7 Å². The lowest BCUT2D eigenvalue weighted by Crippen LogP contribution is -2.38. The molecule has 0 spiro atoms. The first-order chi connectivity index (χ1) is 11.6. The molecule has 1 N–H and O–H groups in total. The van der Waals surface area contributed by atoms with E-state index >= 15 is 0 Å². The summed E-state index contributed by atoms with van der Waals surface area (Å²) in [5.74, 6) is -0.725. The number of furan rings is 1. The van der Waals surface area contributed by atoms with Crippen LogP contribution in [0.15, 0.2) is 34.9 Å². The number of hydrogen-bond donors (Lipinski definition) is 1. The topological polar surface area (TPSA) is 62.6 Å². The number of hydrogen-bond acceptors (Lipinski definition) is 3. The molecule has 1 aliphatic rings. The van der Waals surface area contributed by atoms with Crippen molar-refractivity contribution < 1.29 is 18.4 Å². The van der Waals surface area contributed by atoms with Crippen LogP contribution in [0.2, 0.25) is 0 Å². The number of fused-ring (bicyclic) bond motifs is 1. The van der Waals surface area contributed by atoms with Crippen LogP contribution in [0.1, 0.15) is 34.5 Å². The quantitative estimate of drug-likeness (QED) is 0.937. The van der Waals surface area contributed by atoms with Crippen molar-refractivity contribution in [3.05, 3.63) is 53.2 Å². The van der Waals surface area contributed by atoms with E-state index in [-0.39, 0.29) is 36.4 Å². The summed E-state index contributed by atoms with van der Waals surface area (Å²) in [5, 5.41) is 2.63. The Morgan fingerprint density at radius 1 is 1.38 bits per heavy atom. The minimum absolute atomic E-state index is 0.110. The number of amides is 2. The molecule has 0 bridgehead atoms. The average molecular weight is 330 g/mol. The van der Waals surface area contributed by atoms with Gasteiger partial charge in [-0.3, -0.25) is 9.59 Å². The number of carbonyl (C=O) groups excluding carboxylic acids is 2. The van der Waals surface area contributed by atoms with Crippen LogP contribution in [0.25, 0.3) is 0 Å². The van der Waals surface area contributed by atoms with Gasteiger partial charge in [0, 0.05) is 19.5 Å². The summed E-state index contributed by atoms with van der Waals surface area (Å²) >= 11 is 0. The average Bonchev–Trinajstić information content (AvgIpc) is 3.08. The van der Waals surface area contributed by atoms with Crippen LogP contribution in [0.3, 0.4) is 0 Å². The maximum atomic E-state index is 14.3. The van der Waals surface area contributed by atoms with Gasteiger partial charge in [-0.25, -0.2) is 4.39 Å². The standard InChI is InChI=1S/C18H19FN2O3/c1-12-10-13-4-2-8-21(17(13)14(19)11-12)16(22)6-7-20-18(23)15-5-3-9-24-15/h3,5,9-11H,2,4,6-8H2,1H3,(H,20,23). The zero-order valence-corrected chi connectivity index (χ0v) is 13.5. The van der Waals surface area contributed by atoms with Crippen molar-refractivity contribution in [3.63, 3.8) is 0 Å². The van der Waals surface area contributed by atoms with Crippen molar-refractivity contribution in [3.8, 4) is 0 Å². The van der Waals surface area contributed by atoms with E-state index < -0.39 is 0 Å². The third-order valence-electron chi connectivity index (χ3n) is 4.05. The number of carbonyl (C=O) groups is 2. The van der Waals surface area contributed by atoms with Crippen LogP contribution in [-0.4, -0.2) is 24.9 Å². The molecule has 6 heteroatoms. The van der Waals surface area contributed by atoms with Gasteiger partial charge < -0.3 is 14.6 Å². The summed E-state index contributed by atoms with van der Waals surface area (Å²) in [6.45, 7) is 2.52. The fourth-order valence-corrected chi connectivity index (χ4v) is 3.00. The predicted octanol–water partition coefficient (Wildman–Crippen LogP) is 2.83. The number of benzene rings is 1. The van der Waals surface area contributed by atoms with Gasteiger partial charge in [0.05, 0.1) is 12.0 Å². The Kier molecular flexibility index (Phi) is 4.64. The van der Waals surface area contributed by atoms with Gasteiger partial charge in [-0.05, 0) is 49.1 Å². The number of nitrogens with one attached hydrogen (secondary N) is 1. The highest BCUT2D eigenvalue weighted by Crippen LogP contribution is 2.31. The Morgan fingerprint density at radius 3 is 2.96 bits per heavy atom. The highest BCUT2D eigenvalue weighted by atomic mass is 19.1. The van der Waals surface area contributed by atoms with Gasteiger partial charge in [-0.2, -0.15) is 0 Å². The maximum absolute atomic E-state index is 14.3. The Bertz CT molecular complexity index is 756. The number of rotatable bonds is 4. The molecule has 0 atom stereocenters. The van der Waals surface area contributed by atoms with E-state index in [9.17, 15) is 14.0 Å². The van der Waals surface area contributed by atoms with E-state index in [1.165, 1.54) is 17.2 Å². The van der Waals surface area contributed by atoms with Gasteiger partial charge in [0.2, 0.25) is 5.91 Å². The molecule has 3 rings (SSSR count). The summed E-state index contributed by atoms with van der Waals surface area (Å²) < 4.78 is 19.3. The molecular formula is C18H19FN2O3. The van der Waals surface area contributed by atoms with Gasteiger partial charge in [0.25, 0.3) is 5.91 Å². The molecule has 1 aromatic carbocycles. The molecule has 126 valence electrons. The predicted molar refractivity (Wildman–Crippen MR) is 87.5 cm³/mol. The van der Waals surface area contributed by atoms with Crippen molar-refractivity contribution in [1.29, 1.82) is 0 Å². The zero-order chi connectivity index (χ0) is 17.1. The van der Waals surface area contributed by atoms with E-state index in [0.717, 1.165) is 24.0 Å². The molecule has 1 aromatic heterocycles. The monoisotopic (exact) mass is 330 g/mol. The first-order valence-electron chi connectivity index (χ1n) is 7.97. The van der Waals surface area contributed by atoms with Crippen molar-refractivity contribution in [2.24, 2.45) is 0 Å². The van der Waals surface area contributed by atoms with Gasteiger partial charge in [-0.1, -0.05) is 6.07 Å². The minimum atomic E-state index is -0.367. The van der Waals surface area contributed by atoms with E-state index in [2.05, 4.69) is 5.32 Å². The highest BCUT2D eigenvalue weighted by Gasteiger charge is 2.25. The first-order valence-corrected chi connectivity index (χ1v) is 7.97. The van der Waals surface area contributed by atoms with Crippen LogP contribution in [-0.2, 0) is 11.2 Å². The molecule has 2 heterocycles. The van der Waals surface area contributed by atoms with Gasteiger partial charge in [0.1, 0.15) is 5.82 Å². The van der Waals surface area contributed by atoms with Gasteiger partial charge in [0.15, 0.2) is 5.76 Å². The van der Waals surface area contributed by atoms with Crippen LogP contribution in [0.5, 0.6) is 0 Å². The summed E-state index contributed by atoms with van der Waals surface area (Å²) in [6.07, 6.45) is 3.10. The van der Waals surface area contributed by atoms with Crippen LogP contribution in [0.4, 0.5) is 10.1 Å². The fraction of sp³-hybridized carbons (Fsp3) is 0.333. The second-order valence-electron chi connectivity index (χ2n) is 5.89. The third-order valence-corrected chi connectivity index (χ3v) is 4.05. The Labute approximate surface area is 139 Å². The van der Waals surface area contributed by atoms with Gasteiger partial charge in [-0.15, -0.1) is 0 Å². The lowest BCUT2D eigenvalue weighted by atomic mass is 9.98. The molecule has 0 unspecified atom stereocenters. The van der Waals surface area contributed by atoms with Crippen molar-refractivity contribution >= 4 is 17.5 Å². The van der Waals surface area contributed by atoms with Crippen LogP contribution >= 0.6 is 0 Å². The lowest BCUT2D eigenvalue weighted by Gasteiger charge is -2.30. The molecule has 24 heavy (non-hydrogen) atoms. The maximum Gasteiger partial charge on any atom is 0.286 e. The summed E-state index contributed by atoms with van der Waals surface area (Å²) in [7, 11) is 0. The second kappa shape index (κ2) is 6.86. The second-order valence-corrected chi connectivity index (χ2v) is 5.89. The minimum Gasteiger partial charge on any atom is -0.459 e. The fourth-order valence-electron chi connectivity index (χ4n) is 3.00. The molecule has 0 fully saturated rings. The molecule has 1 aliphatic heterocycles. The summed E-state index contributed by atoms with van der Waals surface area (Å²) in [4.78, 5) is 25.7. The van der Waals surface area contributed by atoms with Crippen LogP contribution < -0.4 is 10.2 Å². The van der Waals surface area contributed by atoms with Crippen molar-refractivity contribution in [2.45, 2.75) is 26.2 Å². The summed E-state index contributed by atoms with van der Waals surface area (Å²) in [6, 6.07) is 6.55. The smallest absolute Gasteiger partial charge is 0.286 e. The molecule has 2 amide bonds. The largest absolute Gasteiger partial charge is 0.459 e. The number of nitrogens with zero attached hydrogens (tertiary/aromatic N) is 1. The number of aryl methyl sites for hydroxylation is 2. The van der Waals surface area contributed by atoms with E-state index in [1.807, 2.05) is 13.0 Å². The number of halogens is 1. The Morgan fingerprint density at radius 2 is 2.21 bits per heavy atom. The highest BCUT2D eigenvalue weighted by molar-refractivity contribution is 5.96. The molecule has 0 saturated carbocycles. The first kappa shape index (κ1) is 16.2. The zero-order valence-electron chi connectivity index (χ0n) is 13.5. The van der Waals surface area contributed by atoms with Crippen molar-refractivity contribution in [1.82, 2.24) is 5.32 Å². The molecule has 0 saturated heterocycles. The molecule has 0 radical (unpaired) electrons. The Balaban J connectivity index is 1.63. The van der Waals surface area contributed by atoms with E-state index in [1.54, 1.807) is 12.1 Å². The van der Waals surface area contributed by atoms with E-state index in [0.29, 0.717) is 12.2 Å². The normalized spacial score (nSPS) is 13.5.